The van der Waals surface area contributed by atoms with E-state index in [9.17, 15) is 36.2 Å². The van der Waals surface area contributed by atoms with Crippen molar-refractivity contribution < 1.29 is 45.7 Å². The van der Waals surface area contributed by atoms with Gasteiger partial charge in [-0.2, -0.15) is 26.3 Å². The van der Waals surface area contributed by atoms with E-state index in [0.29, 0.717) is 17.7 Å². The van der Waals surface area contributed by atoms with Crippen molar-refractivity contribution >= 4 is 11.6 Å². The van der Waals surface area contributed by atoms with Crippen molar-refractivity contribution in [3.63, 3.8) is 0 Å². The van der Waals surface area contributed by atoms with Gasteiger partial charge in [-0.05, 0) is 48.9 Å². The van der Waals surface area contributed by atoms with Crippen molar-refractivity contribution in [2.24, 2.45) is 5.41 Å². The van der Waals surface area contributed by atoms with Crippen LogP contribution in [0.1, 0.15) is 42.9 Å². The largest absolute Gasteiger partial charge is 0.418 e. The fraction of sp³-hybridized carbons (Fsp3) is 0.500. The second-order valence-corrected chi connectivity index (χ2v) is 9.57. The Morgan fingerprint density at radius 1 is 1.00 bits per heavy atom. The van der Waals surface area contributed by atoms with Gasteiger partial charge in [0.1, 0.15) is 6.61 Å². The number of nitrogens with zero attached hydrogens (tertiary/aromatic N) is 1. The normalized spacial score (nSPS) is 25.6. The van der Waals surface area contributed by atoms with E-state index in [2.05, 4.69) is 0 Å². The third-order valence-corrected chi connectivity index (χ3v) is 6.98. The zero-order chi connectivity index (χ0) is 26.8. The maximum absolute atomic E-state index is 13.7. The van der Waals surface area contributed by atoms with Crippen LogP contribution in [0.4, 0.5) is 32.0 Å². The number of alkyl halides is 6. The predicted octanol–water partition coefficient (Wildman–Crippen LogP) is 5.72. The molecule has 2 aromatic carbocycles. The van der Waals surface area contributed by atoms with Crippen LogP contribution in [-0.2, 0) is 20.9 Å². The summed E-state index contributed by atoms with van der Waals surface area (Å²) in [6, 6.07) is 13.8. The summed E-state index contributed by atoms with van der Waals surface area (Å²) in [5.74, 6) is -0.333. The van der Waals surface area contributed by atoms with Gasteiger partial charge in [0, 0.05) is 12.2 Å². The minimum absolute atomic E-state index is 0.0544. The molecule has 202 valence electrons. The minimum atomic E-state index is -4.65. The van der Waals surface area contributed by atoms with Crippen molar-refractivity contribution in [3.05, 3.63) is 65.7 Å². The average molecular weight is 531 g/mol. The maximum atomic E-state index is 13.7. The third kappa shape index (κ3) is 6.45. The number of anilines is 1. The fourth-order valence-corrected chi connectivity index (χ4v) is 5.06. The van der Waals surface area contributed by atoms with E-state index in [4.69, 9.17) is 9.47 Å². The van der Waals surface area contributed by atoms with E-state index in [1.54, 1.807) is 30.3 Å². The number of rotatable bonds is 7. The van der Waals surface area contributed by atoms with E-state index in [-0.39, 0.29) is 43.9 Å². The van der Waals surface area contributed by atoms with Gasteiger partial charge >= 0.3 is 12.4 Å². The standard InChI is InChI=1S/C26H27F6NO4/c27-25(28,29)16-37-21-14-24(11-10-20(21)34)12-13-33(23(24)35)19-8-6-18(7-9-19)22(26(30,31)32)36-15-17-4-2-1-3-5-17/h1-9,20-22,34H,10-16H2/t20-,21-,22-,24-/m1/s1. The van der Waals surface area contributed by atoms with E-state index in [0.717, 1.165) is 0 Å². The molecule has 1 spiro atoms. The zero-order valence-electron chi connectivity index (χ0n) is 19.8. The Bertz CT molecular complexity index is 1060. The van der Waals surface area contributed by atoms with Crippen LogP contribution in [0.15, 0.2) is 54.6 Å². The van der Waals surface area contributed by atoms with Crippen LogP contribution in [0.25, 0.3) is 0 Å². The molecule has 1 N–H and O–H groups in total. The van der Waals surface area contributed by atoms with Crippen molar-refractivity contribution in [1.82, 2.24) is 0 Å². The molecule has 2 aromatic rings. The molecule has 1 saturated carbocycles. The first-order valence-corrected chi connectivity index (χ1v) is 11.9. The summed E-state index contributed by atoms with van der Waals surface area (Å²) in [5, 5.41) is 10.1. The first kappa shape index (κ1) is 27.4. The topological polar surface area (TPSA) is 59.0 Å². The second-order valence-electron chi connectivity index (χ2n) is 9.57. The Labute approximate surface area is 210 Å². The van der Waals surface area contributed by atoms with Gasteiger partial charge < -0.3 is 19.5 Å². The summed E-state index contributed by atoms with van der Waals surface area (Å²) in [5.41, 5.74) is -0.124. The number of aliphatic hydroxyl groups excluding tert-OH is 1. The van der Waals surface area contributed by atoms with E-state index in [1.807, 2.05) is 0 Å². The molecule has 2 aliphatic rings. The lowest BCUT2D eigenvalue weighted by Crippen LogP contribution is -2.46. The summed E-state index contributed by atoms with van der Waals surface area (Å²) in [6.45, 7) is -1.49. The Hall–Kier alpha value is -2.63. The summed E-state index contributed by atoms with van der Waals surface area (Å²) in [4.78, 5) is 14.8. The van der Waals surface area contributed by atoms with Gasteiger partial charge in [0.05, 0.1) is 24.2 Å². The van der Waals surface area contributed by atoms with E-state index >= 15 is 0 Å². The highest BCUT2D eigenvalue weighted by atomic mass is 19.4. The molecule has 0 unspecified atom stereocenters. The molecule has 4 rings (SSSR count). The monoisotopic (exact) mass is 531 g/mol. The van der Waals surface area contributed by atoms with Crippen LogP contribution >= 0.6 is 0 Å². The van der Waals surface area contributed by atoms with Gasteiger partial charge in [-0.3, -0.25) is 4.79 Å². The molecule has 4 atom stereocenters. The van der Waals surface area contributed by atoms with Gasteiger partial charge in [0.25, 0.3) is 0 Å². The van der Waals surface area contributed by atoms with E-state index < -0.39 is 42.7 Å². The Morgan fingerprint density at radius 3 is 2.30 bits per heavy atom. The molecule has 1 amide bonds. The van der Waals surface area contributed by atoms with Crippen molar-refractivity contribution in [2.45, 2.75) is 63.0 Å². The summed E-state index contributed by atoms with van der Waals surface area (Å²) >= 11 is 0. The first-order chi connectivity index (χ1) is 17.4. The number of hydrogen-bond donors (Lipinski definition) is 1. The molecule has 1 aliphatic carbocycles. The van der Waals surface area contributed by atoms with Crippen molar-refractivity contribution in [2.75, 3.05) is 18.1 Å². The SMILES string of the molecule is O=C1N(c2ccc([C@@H](OCc3ccccc3)C(F)(F)F)cc2)CC[C@@]12CC[C@@H](O)[C@H](OCC(F)(F)F)C2. The summed E-state index contributed by atoms with van der Waals surface area (Å²) in [6.07, 6.45) is -12.9. The molecule has 2 fully saturated rings. The van der Waals surface area contributed by atoms with Crippen LogP contribution < -0.4 is 4.90 Å². The number of aliphatic hydroxyl groups is 1. The third-order valence-electron chi connectivity index (χ3n) is 6.98. The maximum Gasteiger partial charge on any atom is 0.418 e. The number of hydrogen-bond acceptors (Lipinski definition) is 4. The van der Waals surface area contributed by atoms with Gasteiger partial charge in [-0.1, -0.05) is 42.5 Å². The van der Waals surface area contributed by atoms with Gasteiger partial charge in [-0.15, -0.1) is 0 Å². The lowest BCUT2D eigenvalue weighted by atomic mass is 9.70. The van der Waals surface area contributed by atoms with Crippen LogP contribution in [0.2, 0.25) is 0 Å². The molecule has 0 aromatic heterocycles. The second kappa shape index (κ2) is 10.6. The molecule has 11 heteroatoms. The number of carbonyl (C=O) groups excluding carboxylic acids is 1. The molecular weight excluding hydrogens is 504 g/mol. The molecule has 1 aliphatic heterocycles. The van der Waals surface area contributed by atoms with Gasteiger partial charge in [-0.25, -0.2) is 0 Å². The molecule has 0 bridgehead atoms. The summed E-state index contributed by atoms with van der Waals surface area (Å²) < 4.78 is 89.1. The van der Waals surface area contributed by atoms with Gasteiger partial charge in [0.15, 0.2) is 6.10 Å². The van der Waals surface area contributed by atoms with Crippen LogP contribution in [-0.4, -0.2) is 48.7 Å². The molecular formula is C26H27F6NO4. The zero-order valence-corrected chi connectivity index (χ0v) is 19.8. The fourth-order valence-electron chi connectivity index (χ4n) is 5.06. The minimum Gasteiger partial charge on any atom is -0.390 e. The molecule has 37 heavy (non-hydrogen) atoms. The molecule has 0 radical (unpaired) electrons. The molecule has 1 heterocycles. The number of benzene rings is 2. The van der Waals surface area contributed by atoms with Crippen LogP contribution in [0.5, 0.6) is 0 Å². The Balaban J connectivity index is 1.45. The summed E-state index contributed by atoms with van der Waals surface area (Å²) in [7, 11) is 0. The highest BCUT2D eigenvalue weighted by molar-refractivity contribution is 6.00. The predicted molar refractivity (Wildman–Crippen MR) is 122 cm³/mol. The first-order valence-electron chi connectivity index (χ1n) is 11.9. The van der Waals surface area contributed by atoms with Crippen LogP contribution in [0.3, 0.4) is 0 Å². The smallest absolute Gasteiger partial charge is 0.390 e. The Kier molecular flexibility index (Phi) is 7.87. The van der Waals surface area contributed by atoms with Crippen LogP contribution in [0, 0.1) is 5.41 Å². The lowest BCUT2D eigenvalue weighted by Gasteiger charge is -2.39. The number of carbonyl (C=O) groups is 1. The van der Waals surface area contributed by atoms with Crippen molar-refractivity contribution in [3.8, 4) is 0 Å². The number of halogens is 6. The lowest BCUT2D eigenvalue weighted by molar-refractivity contribution is -0.227. The quantitative estimate of drug-likeness (QED) is 0.465. The number of amides is 1. The Morgan fingerprint density at radius 2 is 1.68 bits per heavy atom. The highest BCUT2D eigenvalue weighted by Gasteiger charge is 2.52. The van der Waals surface area contributed by atoms with Gasteiger partial charge in [0.2, 0.25) is 5.91 Å². The van der Waals surface area contributed by atoms with Crippen molar-refractivity contribution in [1.29, 1.82) is 0 Å². The number of ether oxygens (including phenoxy) is 2. The molecule has 1 saturated heterocycles. The highest BCUT2D eigenvalue weighted by Crippen LogP contribution is 2.47. The average Bonchev–Trinajstić information content (AvgIpc) is 3.15. The van der Waals surface area contributed by atoms with E-state index in [1.165, 1.54) is 29.2 Å². The molecule has 5 nitrogen and oxygen atoms in total.